The first kappa shape index (κ1) is 11.1. The second-order valence-corrected chi connectivity index (χ2v) is 3.51. The summed E-state index contributed by atoms with van der Waals surface area (Å²) in [6.45, 7) is 4.83. The zero-order valence-electron chi connectivity index (χ0n) is 8.77. The van der Waals surface area contributed by atoms with E-state index in [0.29, 0.717) is 12.6 Å². The van der Waals surface area contributed by atoms with Gasteiger partial charge in [0.1, 0.15) is 0 Å². The third kappa shape index (κ3) is 3.44. The van der Waals surface area contributed by atoms with Gasteiger partial charge in [-0.2, -0.15) is 0 Å². The van der Waals surface area contributed by atoms with Crippen molar-refractivity contribution in [3.8, 4) is 0 Å². The van der Waals surface area contributed by atoms with Crippen LogP contribution in [0.2, 0.25) is 0 Å². The molecule has 0 saturated heterocycles. The van der Waals surface area contributed by atoms with Crippen LogP contribution in [0.25, 0.3) is 0 Å². The van der Waals surface area contributed by atoms with Gasteiger partial charge in [0, 0.05) is 25.0 Å². The zero-order chi connectivity index (χ0) is 10.4. The molecule has 0 aliphatic heterocycles. The predicted octanol–water partition coefficient (Wildman–Crippen LogP) is 1.50. The molecule has 2 N–H and O–H groups in total. The molecule has 0 aromatic carbocycles. The Kier molecular flexibility index (Phi) is 4.56. The molecule has 0 radical (unpaired) electrons. The standard InChI is InChI=1S/C11H18N2O/c1-3-9(2)13-8-11(14)10-4-6-12-7-5-10/h4-7,9,11,13-14H,3,8H2,1-2H3. The molecule has 14 heavy (non-hydrogen) atoms. The van der Waals surface area contributed by atoms with Crippen molar-refractivity contribution in [3.63, 3.8) is 0 Å². The monoisotopic (exact) mass is 194 g/mol. The Morgan fingerprint density at radius 3 is 2.64 bits per heavy atom. The second-order valence-electron chi connectivity index (χ2n) is 3.51. The van der Waals surface area contributed by atoms with Crippen LogP contribution in [0.5, 0.6) is 0 Å². The first-order valence-electron chi connectivity index (χ1n) is 5.05. The third-order valence-electron chi connectivity index (χ3n) is 2.36. The molecule has 3 nitrogen and oxygen atoms in total. The van der Waals surface area contributed by atoms with Crippen molar-refractivity contribution in [2.75, 3.05) is 6.54 Å². The highest BCUT2D eigenvalue weighted by Gasteiger charge is 2.07. The maximum Gasteiger partial charge on any atom is 0.0915 e. The lowest BCUT2D eigenvalue weighted by molar-refractivity contribution is 0.170. The molecule has 0 bridgehead atoms. The highest BCUT2D eigenvalue weighted by molar-refractivity contribution is 5.13. The molecular weight excluding hydrogens is 176 g/mol. The van der Waals surface area contributed by atoms with Gasteiger partial charge in [-0.1, -0.05) is 6.92 Å². The summed E-state index contributed by atoms with van der Waals surface area (Å²) in [5.41, 5.74) is 0.913. The number of aromatic nitrogens is 1. The number of rotatable bonds is 5. The van der Waals surface area contributed by atoms with E-state index in [1.165, 1.54) is 0 Å². The lowest BCUT2D eigenvalue weighted by Crippen LogP contribution is -2.29. The molecule has 1 aromatic rings. The number of hydrogen-bond donors (Lipinski definition) is 2. The summed E-state index contributed by atoms with van der Waals surface area (Å²) in [6, 6.07) is 4.12. The quantitative estimate of drug-likeness (QED) is 0.746. The average Bonchev–Trinajstić information content (AvgIpc) is 2.26. The first-order chi connectivity index (χ1) is 6.74. The summed E-state index contributed by atoms with van der Waals surface area (Å²) in [5, 5.41) is 13.0. The second kappa shape index (κ2) is 5.73. The van der Waals surface area contributed by atoms with Crippen LogP contribution in [0.1, 0.15) is 31.9 Å². The topological polar surface area (TPSA) is 45.1 Å². The first-order valence-corrected chi connectivity index (χ1v) is 5.05. The van der Waals surface area contributed by atoms with Crippen molar-refractivity contribution in [2.24, 2.45) is 0 Å². The summed E-state index contributed by atoms with van der Waals surface area (Å²) in [6.07, 6.45) is 4.03. The third-order valence-corrected chi connectivity index (χ3v) is 2.36. The Balaban J connectivity index is 2.39. The minimum atomic E-state index is -0.438. The lowest BCUT2D eigenvalue weighted by Gasteiger charge is -2.15. The molecule has 78 valence electrons. The fraction of sp³-hybridized carbons (Fsp3) is 0.545. The molecule has 0 saturated carbocycles. The zero-order valence-corrected chi connectivity index (χ0v) is 8.77. The summed E-state index contributed by atoms with van der Waals surface area (Å²) in [5.74, 6) is 0. The van der Waals surface area contributed by atoms with Gasteiger partial charge < -0.3 is 10.4 Å². The van der Waals surface area contributed by atoms with E-state index in [1.807, 2.05) is 12.1 Å². The molecule has 0 amide bonds. The van der Waals surface area contributed by atoms with Gasteiger partial charge in [-0.15, -0.1) is 0 Å². The summed E-state index contributed by atoms with van der Waals surface area (Å²) < 4.78 is 0. The van der Waals surface area contributed by atoms with Crippen LogP contribution in [0.4, 0.5) is 0 Å². The Bertz CT molecular complexity index is 251. The van der Waals surface area contributed by atoms with Crippen LogP contribution in [-0.4, -0.2) is 22.7 Å². The smallest absolute Gasteiger partial charge is 0.0915 e. The van der Waals surface area contributed by atoms with Crippen LogP contribution < -0.4 is 5.32 Å². The van der Waals surface area contributed by atoms with Gasteiger partial charge in [0.05, 0.1) is 6.10 Å². The van der Waals surface area contributed by atoms with E-state index in [1.54, 1.807) is 12.4 Å². The minimum Gasteiger partial charge on any atom is -0.387 e. The van der Waals surface area contributed by atoms with Gasteiger partial charge in [0.2, 0.25) is 0 Å². The van der Waals surface area contributed by atoms with Gasteiger partial charge in [0.25, 0.3) is 0 Å². The molecule has 0 aliphatic carbocycles. The van der Waals surface area contributed by atoms with Crippen molar-refractivity contribution < 1.29 is 5.11 Å². The van der Waals surface area contributed by atoms with Gasteiger partial charge >= 0.3 is 0 Å². The number of hydrogen-bond acceptors (Lipinski definition) is 3. The van der Waals surface area contributed by atoms with Crippen LogP contribution in [0, 0.1) is 0 Å². The molecule has 0 aliphatic rings. The summed E-state index contributed by atoms with van der Waals surface area (Å²) in [7, 11) is 0. The number of pyridine rings is 1. The van der Waals surface area contributed by atoms with Gasteiger partial charge in [-0.05, 0) is 31.0 Å². The number of nitrogens with one attached hydrogen (secondary N) is 1. The number of nitrogens with zero attached hydrogens (tertiary/aromatic N) is 1. The molecule has 1 heterocycles. The van der Waals surface area contributed by atoms with Gasteiger partial charge in [-0.25, -0.2) is 0 Å². The maximum atomic E-state index is 9.77. The lowest BCUT2D eigenvalue weighted by atomic mass is 10.1. The molecule has 3 heteroatoms. The summed E-state index contributed by atoms with van der Waals surface area (Å²) in [4.78, 5) is 3.91. The van der Waals surface area contributed by atoms with Crippen molar-refractivity contribution >= 4 is 0 Å². The van der Waals surface area contributed by atoms with Gasteiger partial charge in [-0.3, -0.25) is 4.98 Å². The van der Waals surface area contributed by atoms with Crippen molar-refractivity contribution in [2.45, 2.75) is 32.4 Å². The largest absolute Gasteiger partial charge is 0.387 e. The van der Waals surface area contributed by atoms with E-state index >= 15 is 0 Å². The van der Waals surface area contributed by atoms with Crippen LogP contribution in [0.3, 0.4) is 0 Å². The van der Waals surface area contributed by atoms with Crippen LogP contribution >= 0.6 is 0 Å². The van der Waals surface area contributed by atoms with Gasteiger partial charge in [0.15, 0.2) is 0 Å². The molecule has 1 rings (SSSR count). The molecule has 1 aromatic heterocycles. The van der Waals surface area contributed by atoms with Crippen molar-refractivity contribution in [1.29, 1.82) is 0 Å². The Morgan fingerprint density at radius 1 is 1.43 bits per heavy atom. The van der Waals surface area contributed by atoms with E-state index in [2.05, 4.69) is 24.1 Å². The van der Waals surface area contributed by atoms with E-state index in [-0.39, 0.29) is 0 Å². The molecular formula is C11H18N2O. The summed E-state index contributed by atoms with van der Waals surface area (Å²) >= 11 is 0. The number of aliphatic hydroxyl groups is 1. The predicted molar refractivity (Wildman–Crippen MR) is 57.0 cm³/mol. The normalized spacial score (nSPS) is 15.1. The van der Waals surface area contributed by atoms with Crippen molar-refractivity contribution in [3.05, 3.63) is 30.1 Å². The fourth-order valence-electron chi connectivity index (χ4n) is 1.16. The Hall–Kier alpha value is -0.930. The Labute approximate surface area is 85.2 Å². The molecule has 2 unspecified atom stereocenters. The average molecular weight is 194 g/mol. The van der Waals surface area contributed by atoms with Crippen LogP contribution in [-0.2, 0) is 0 Å². The van der Waals surface area contributed by atoms with Crippen molar-refractivity contribution in [1.82, 2.24) is 10.3 Å². The van der Waals surface area contributed by atoms with Crippen LogP contribution in [0.15, 0.2) is 24.5 Å². The highest BCUT2D eigenvalue weighted by atomic mass is 16.3. The Morgan fingerprint density at radius 2 is 2.07 bits per heavy atom. The fourth-order valence-corrected chi connectivity index (χ4v) is 1.16. The maximum absolute atomic E-state index is 9.77. The molecule has 0 fully saturated rings. The van der Waals surface area contributed by atoms with E-state index in [4.69, 9.17) is 0 Å². The number of aliphatic hydroxyl groups excluding tert-OH is 1. The van der Waals surface area contributed by atoms with E-state index in [0.717, 1.165) is 12.0 Å². The molecule has 2 atom stereocenters. The van der Waals surface area contributed by atoms with E-state index in [9.17, 15) is 5.11 Å². The highest BCUT2D eigenvalue weighted by Crippen LogP contribution is 2.09. The SMILES string of the molecule is CCC(C)NCC(O)c1ccncc1. The van der Waals surface area contributed by atoms with E-state index < -0.39 is 6.10 Å². The minimum absolute atomic E-state index is 0.438. The molecule has 0 spiro atoms.